The van der Waals surface area contributed by atoms with E-state index < -0.39 is 0 Å². The predicted molar refractivity (Wildman–Crippen MR) is 64.4 cm³/mol. The second kappa shape index (κ2) is 3.66. The minimum absolute atomic E-state index is 0.718. The molecule has 2 aliphatic rings. The van der Waals surface area contributed by atoms with Crippen molar-refractivity contribution in [2.45, 2.75) is 18.9 Å². The van der Waals surface area contributed by atoms with Crippen LogP contribution in [-0.4, -0.2) is 46.9 Å². The van der Waals surface area contributed by atoms with Crippen LogP contribution in [0.1, 0.15) is 12.8 Å². The first-order chi connectivity index (χ1) is 7.74. The Morgan fingerprint density at radius 1 is 1.38 bits per heavy atom. The molecule has 0 spiro atoms. The first kappa shape index (κ1) is 9.96. The normalized spacial score (nSPS) is 26.1. The van der Waals surface area contributed by atoms with Gasteiger partial charge >= 0.3 is 0 Å². The van der Waals surface area contributed by atoms with Crippen molar-refractivity contribution in [3.8, 4) is 0 Å². The van der Waals surface area contributed by atoms with Gasteiger partial charge in [-0.15, -0.1) is 0 Å². The third kappa shape index (κ3) is 1.55. The highest BCUT2D eigenvalue weighted by Crippen LogP contribution is 2.27. The fourth-order valence-corrected chi connectivity index (χ4v) is 2.92. The number of fused-ring (bicyclic) bond motifs is 1. The van der Waals surface area contributed by atoms with E-state index in [1.54, 1.807) is 4.68 Å². The summed E-state index contributed by atoms with van der Waals surface area (Å²) in [5, 5.41) is 4.45. The minimum atomic E-state index is 0.718. The maximum absolute atomic E-state index is 5.97. The SMILES string of the molecule is Cn1cc(N)c(N2CCN3CCCC3C2)n1. The van der Waals surface area contributed by atoms with Gasteiger partial charge in [-0.2, -0.15) is 5.10 Å². The zero-order chi connectivity index (χ0) is 11.1. The van der Waals surface area contributed by atoms with Crippen LogP contribution in [0.5, 0.6) is 0 Å². The molecule has 88 valence electrons. The molecule has 1 aromatic heterocycles. The van der Waals surface area contributed by atoms with E-state index in [4.69, 9.17) is 5.73 Å². The average Bonchev–Trinajstić information content (AvgIpc) is 2.83. The van der Waals surface area contributed by atoms with Gasteiger partial charge in [-0.05, 0) is 19.4 Å². The molecule has 0 aliphatic carbocycles. The average molecular weight is 221 g/mol. The summed E-state index contributed by atoms with van der Waals surface area (Å²) in [5.41, 5.74) is 6.77. The highest BCUT2D eigenvalue weighted by molar-refractivity contribution is 5.62. The van der Waals surface area contributed by atoms with Crippen LogP contribution in [0.2, 0.25) is 0 Å². The first-order valence-corrected chi connectivity index (χ1v) is 6.02. The molecule has 3 heterocycles. The van der Waals surface area contributed by atoms with E-state index >= 15 is 0 Å². The zero-order valence-corrected chi connectivity index (χ0v) is 9.76. The second-order valence-corrected chi connectivity index (χ2v) is 4.86. The Morgan fingerprint density at radius 2 is 2.25 bits per heavy atom. The lowest BCUT2D eigenvalue weighted by Crippen LogP contribution is -2.50. The Balaban J connectivity index is 1.78. The highest BCUT2D eigenvalue weighted by Gasteiger charge is 2.31. The molecule has 2 saturated heterocycles. The van der Waals surface area contributed by atoms with Gasteiger partial charge in [-0.3, -0.25) is 9.58 Å². The quantitative estimate of drug-likeness (QED) is 0.740. The minimum Gasteiger partial charge on any atom is -0.394 e. The van der Waals surface area contributed by atoms with Crippen LogP contribution in [0.15, 0.2) is 6.20 Å². The van der Waals surface area contributed by atoms with Crippen LogP contribution in [0.4, 0.5) is 11.5 Å². The van der Waals surface area contributed by atoms with Crippen molar-refractivity contribution in [1.29, 1.82) is 0 Å². The molecule has 1 aromatic rings. The van der Waals surface area contributed by atoms with Gasteiger partial charge < -0.3 is 10.6 Å². The number of hydrogen-bond acceptors (Lipinski definition) is 4. The smallest absolute Gasteiger partial charge is 0.173 e. The molecule has 0 aromatic carbocycles. The van der Waals surface area contributed by atoms with Crippen molar-refractivity contribution < 1.29 is 0 Å². The van der Waals surface area contributed by atoms with Gasteiger partial charge in [0.15, 0.2) is 5.82 Å². The number of anilines is 2. The molecule has 0 saturated carbocycles. The number of hydrogen-bond donors (Lipinski definition) is 1. The molecule has 16 heavy (non-hydrogen) atoms. The molecular weight excluding hydrogens is 202 g/mol. The fourth-order valence-electron chi connectivity index (χ4n) is 2.92. The second-order valence-electron chi connectivity index (χ2n) is 4.86. The van der Waals surface area contributed by atoms with Crippen molar-refractivity contribution in [2.24, 2.45) is 7.05 Å². The Labute approximate surface area is 95.8 Å². The van der Waals surface area contributed by atoms with Crippen LogP contribution in [0.3, 0.4) is 0 Å². The van der Waals surface area contributed by atoms with Gasteiger partial charge in [0.2, 0.25) is 0 Å². The molecule has 2 aliphatic heterocycles. The molecule has 5 heteroatoms. The van der Waals surface area contributed by atoms with Gasteiger partial charge in [0, 0.05) is 38.9 Å². The molecule has 3 rings (SSSR count). The van der Waals surface area contributed by atoms with E-state index in [0.717, 1.165) is 37.2 Å². The van der Waals surface area contributed by atoms with Crippen LogP contribution < -0.4 is 10.6 Å². The molecule has 1 atom stereocenters. The summed E-state index contributed by atoms with van der Waals surface area (Å²) in [7, 11) is 1.92. The van der Waals surface area contributed by atoms with E-state index in [1.165, 1.54) is 19.4 Å². The molecular formula is C11H19N5. The van der Waals surface area contributed by atoms with Crippen LogP contribution in [0.25, 0.3) is 0 Å². The molecule has 0 bridgehead atoms. The summed E-state index contributed by atoms with van der Waals surface area (Å²) in [4.78, 5) is 4.93. The van der Waals surface area contributed by atoms with Crippen LogP contribution >= 0.6 is 0 Å². The third-order valence-electron chi connectivity index (χ3n) is 3.72. The summed E-state index contributed by atoms with van der Waals surface area (Å²) >= 11 is 0. The fraction of sp³-hybridized carbons (Fsp3) is 0.727. The van der Waals surface area contributed by atoms with Crippen molar-refractivity contribution in [3.63, 3.8) is 0 Å². The molecule has 0 amide bonds. The number of nitrogen functional groups attached to an aromatic ring is 1. The molecule has 5 nitrogen and oxygen atoms in total. The Morgan fingerprint density at radius 3 is 3.00 bits per heavy atom. The van der Waals surface area contributed by atoms with E-state index in [2.05, 4.69) is 14.9 Å². The molecule has 0 radical (unpaired) electrons. The predicted octanol–water partition coefficient (Wildman–Crippen LogP) is 0.287. The number of aryl methyl sites for hydroxylation is 1. The maximum Gasteiger partial charge on any atom is 0.173 e. The Hall–Kier alpha value is -1.23. The third-order valence-corrected chi connectivity index (χ3v) is 3.72. The molecule has 1 unspecified atom stereocenters. The van der Waals surface area contributed by atoms with Gasteiger partial charge in [0.25, 0.3) is 0 Å². The Bertz CT molecular complexity index is 386. The topological polar surface area (TPSA) is 50.3 Å². The van der Waals surface area contributed by atoms with Crippen LogP contribution in [0, 0.1) is 0 Å². The van der Waals surface area contributed by atoms with Gasteiger partial charge in [0.1, 0.15) is 0 Å². The first-order valence-electron chi connectivity index (χ1n) is 6.02. The summed E-state index contributed by atoms with van der Waals surface area (Å²) in [5.74, 6) is 0.967. The number of piperazine rings is 1. The monoisotopic (exact) mass is 221 g/mol. The van der Waals surface area contributed by atoms with Gasteiger partial charge in [0.05, 0.1) is 5.69 Å². The summed E-state index contributed by atoms with van der Waals surface area (Å²) in [6, 6.07) is 0.718. The maximum atomic E-state index is 5.97. The number of nitrogens with zero attached hydrogens (tertiary/aromatic N) is 4. The van der Waals surface area contributed by atoms with Gasteiger partial charge in [-0.1, -0.05) is 0 Å². The summed E-state index contributed by atoms with van der Waals surface area (Å²) in [6.45, 7) is 4.57. The molecule has 2 N–H and O–H groups in total. The zero-order valence-electron chi connectivity index (χ0n) is 9.76. The van der Waals surface area contributed by atoms with Crippen molar-refractivity contribution >= 4 is 11.5 Å². The Kier molecular flexibility index (Phi) is 2.28. The number of aromatic nitrogens is 2. The van der Waals surface area contributed by atoms with Crippen molar-refractivity contribution in [2.75, 3.05) is 36.8 Å². The lowest BCUT2D eigenvalue weighted by molar-refractivity contribution is 0.230. The van der Waals surface area contributed by atoms with E-state index in [1.807, 2.05) is 13.2 Å². The van der Waals surface area contributed by atoms with Gasteiger partial charge in [-0.25, -0.2) is 0 Å². The van der Waals surface area contributed by atoms with E-state index in [-0.39, 0.29) is 0 Å². The lowest BCUT2D eigenvalue weighted by atomic mass is 10.1. The van der Waals surface area contributed by atoms with E-state index in [9.17, 15) is 0 Å². The van der Waals surface area contributed by atoms with Crippen LogP contribution in [-0.2, 0) is 7.05 Å². The summed E-state index contributed by atoms with van der Waals surface area (Å²) < 4.78 is 1.80. The van der Waals surface area contributed by atoms with Crippen molar-refractivity contribution in [1.82, 2.24) is 14.7 Å². The number of nitrogens with two attached hydrogens (primary N) is 1. The van der Waals surface area contributed by atoms with Crippen molar-refractivity contribution in [3.05, 3.63) is 6.20 Å². The lowest BCUT2D eigenvalue weighted by Gasteiger charge is -2.37. The largest absolute Gasteiger partial charge is 0.394 e. The molecule has 2 fully saturated rings. The van der Waals surface area contributed by atoms with E-state index in [0.29, 0.717) is 0 Å². The summed E-state index contributed by atoms with van der Waals surface area (Å²) in [6.07, 6.45) is 4.55. The standard InChI is InChI=1S/C11H19N5/c1-14-8-10(12)11(13-14)16-6-5-15-4-2-3-9(15)7-16/h8-9H,2-7,12H2,1H3. The number of rotatable bonds is 1. The highest BCUT2D eigenvalue weighted by atomic mass is 15.4.